The van der Waals surface area contributed by atoms with Crippen molar-refractivity contribution in [1.29, 1.82) is 0 Å². The highest BCUT2D eigenvalue weighted by molar-refractivity contribution is 5.91. The van der Waals surface area contributed by atoms with Crippen LogP contribution in [-0.4, -0.2) is 37.8 Å². The molecule has 0 radical (unpaired) electrons. The van der Waals surface area contributed by atoms with Gasteiger partial charge in [-0.3, -0.25) is 4.79 Å². The van der Waals surface area contributed by atoms with E-state index in [4.69, 9.17) is 4.74 Å². The Morgan fingerprint density at radius 2 is 2.19 bits per heavy atom. The van der Waals surface area contributed by atoms with Crippen LogP contribution in [0.3, 0.4) is 0 Å². The van der Waals surface area contributed by atoms with Crippen molar-refractivity contribution in [1.82, 2.24) is 5.32 Å². The number of hydrogen-bond acceptors (Lipinski definition) is 4. The van der Waals surface area contributed by atoms with E-state index < -0.39 is 24.1 Å². The van der Waals surface area contributed by atoms with Crippen LogP contribution in [-0.2, 0) is 9.53 Å². The van der Waals surface area contributed by atoms with Crippen molar-refractivity contribution in [3.05, 3.63) is 24.0 Å². The lowest BCUT2D eigenvalue weighted by Gasteiger charge is -2.38. The van der Waals surface area contributed by atoms with Gasteiger partial charge in [0.25, 0.3) is 0 Å². The Balaban J connectivity index is 1.87. The minimum Gasteiger partial charge on any atom is -0.432 e. The third-order valence-corrected chi connectivity index (χ3v) is 2.98. The molecule has 0 spiro atoms. The van der Waals surface area contributed by atoms with Gasteiger partial charge >= 0.3 is 6.61 Å². The second-order valence-electron chi connectivity index (χ2n) is 4.91. The summed E-state index contributed by atoms with van der Waals surface area (Å²) in [5, 5.41) is 5.44. The molecule has 1 heterocycles. The fraction of sp³-hybridized carbons (Fsp3) is 0.462. The molecule has 8 heteroatoms. The van der Waals surface area contributed by atoms with Crippen molar-refractivity contribution in [3.63, 3.8) is 0 Å². The van der Waals surface area contributed by atoms with Crippen molar-refractivity contribution < 1.29 is 27.4 Å². The predicted molar refractivity (Wildman–Crippen MR) is 68.9 cm³/mol. The summed E-state index contributed by atoms with van der Waals surface area (Å²) in [4.78, 5) is 11.6. The summed E-state index contributed by atoms with van der Waals surface area (Å²) in [5.41, 5.74) is -0.225. The highest BCUT2D eigenvalue weighted by Crippen LogP contribution is 2.23. The first-order valence-corrected chi connectivity index (χ1v) is 6.27. The zero-order valence-corrected chi connectivity index (χ0v) is 11.3. The van der Waals surface area contributed by atoms with Crippen LogP contribution in [0, 0.1) is 5.82 Å². The zero-order valence-electron chi connectivity index (χ0n) is 11.3. The SMILES string of the molecule is CC1(OCC(=O)Nc2ccc(OC(F)F)c(F)c2)CNC1. The predicted octanol–water partition coefficient (Wildman–Crippen LogP) is 1.74. The highest BCUT2D eigenvalue weighted by Gasteiger charge is 2.33. The highest BCUT2D eigenvalue weighted by atomic mass is 19.3. The summed E-state index contributed by atoms with van der Waals surface area (Å²) >= 11 is 0. The molecule has 1 aliphatic heterocycles. The second kappa shape index (κ2) is 6.31. The minimum atomic E-state index is -3.11. The molecule has 1 aliphatic rings. The van der Waals surface area contributed by atoms with Gasteiger partial charge in [0.15, 0.2) is 11.6 Å². The Labute approximate surface area is 119 Å². The summed E-state index contributed by atoms with van der Waals surface area (Å²) in [6.07, 6.45) is 0. The van der Waals surface area contributed by atoms with E-state index in [2.05, 4.69) is 15.4 Å². The number of ether oxygens (including phenoxy) is 2. The number of alkyl halides is 2. The molecule has 0 unspecified atom stereocenters. The number of hydrogen-bond donors (Lipinski definition) is 2. The van der Waals surface area contributed by atoms with Crippen LogP contribution < -0.4 is 15.4 Å². The van der Waals surface area contributed by atoms with E-state index in [1.807, 2.05) is 6.92 Å². The van der Waals surface area contributed by atoms with Crippen LogP contribution in [0.4, 0.5) is 18.9 Å². The Hall–Kier alpha value is -1.80. The van der Waals surface area contributed by atoms with E-state index in [0.717, 1.165) is 12.1 Å². The molecule has 1 aromatic rings. The van der Waals surface area contributed by atoms with Crippen LogP contribution in [0.2, 0.25) is 0 Å². The lowest BCUT2D eigenvalue weighted by molar-refractivity contribution is -0.130. The monoisotopic (exact) mass is 304 g/mol. The average molecular weight is 304 g/mol. The maximum Gasteiger partial charge on any atom is 0.387 e. The van der Waals surface area contributed by atoms with Crippen LogP contribution in [0.25, 0.3) is 0 Å². The van der Waals surface area contributed by atoms with Crippen LogP contribution in [0.5, 0.6) is 5.75 Å². The third kappa shape index (κ3) is 4.33. The molecular weight excluding hydrogens is 289 g/mol. The third-order valence-electron chi connectivity index (χ3n) is 2.98. The van der Waals surface area contributed by atoms with E-state index >= 15 is 0 Å². The molecule has 1 aromatic carbocycles. The molecule has 21 heavy (non-hydrogen) atoms. The second-order valence-corrected chi connectivity index (χ2v) is 4.91. The van der Waals surface area contributed by atoms with E-state index in [9.17, 15) is 18.0 Å². The Kier molecular flexibility index (Phi) is 4.69. The number of benzene rings is 1. The summed E-state index contributed by atoms with van der Waals surface area (Å²) in [5.74, 6) is -2.01. The summed E-state index contributed by atoms with van der Waals surface area (Å²) in [7, 11) is 0. The van der Waals surface area contributed by atoms with Gasteiger partial charge < -0.3 is 20.1 Å². The van der Waals surface area contributed by atoms with Gasteiger partial charge in [0.05, 0.1) is 5.60 Å². The quantitative estimate of drug-likeness (QED) is 0.840. The molecule has 5 nitrogen and oxygen atoms in total. The first-order chi connectivity index (χ1) is 9.88. The topological polar surface area (TPSA) is 59.6 Å². The molecule has 0 saturated carbocycles. The van der Waals surface area contributed by atoms with E-state index in [-0.39, 0.29) is 17.9 Å². The fourth-order valence-electron chi connectivity index (χ4n) is 1.79. The van der Waals surface area contributed by atoms with Gasteiger partial charge in [0, 0.05) is 24.8 Å². The Morgan fingerprint density at radius 1 is 1.48 bits per heavy atom. The summed E-state index contributed by atoms with van der Waals surface area (Å²) < 4.78 is 46.8. The van der Waals surface area contributed by atoms with Gasteiger partial charge in [-0.2, -0.15) is 8.78 Å². The van der Waals surface area contributed by atoms with Gasteiger partial charge in [0.2, 0.25) is 5.91 Å². The lowest BCUT2D eigenvalue weighted by Crippen LogP contribution is -2.59. The molecule has 2 N–H and O–H groups in total. The van der Waals surface area contributed by atoms with Gasteiger partial charge in [-0.25, -0.2) is 4.39 Å². The lowest BCUT2D eigenvalue weighted by atomic mass is 10.0. The summed E-state index contributed by atoms with van der Waals surface area (Å²) in [6, 6.07) is 3.20. The van der Waals surface area contributed by atoms with E-state index in [0.29, 0.717) is 13.1 Å². The molecule has 116 valence electrons. The number of nitrogens with one attached hydrogen (secondary N) is 2. The van der Waals surface area contributed by atoms with Gasteiger partial charge in [0.1, 0.15) is 6.61 Å². The maximum atomic E-state index is 13.5. The van der Waals surface area contributed by atoms with Gasteiger partial charge in [-0.05, 0) is 19.1 Å². The number of anilines is 1. The molecule has 1 saturated heterocycles. The van der Waals surface area contributed by atoms with Crippen molar-refractivity contribution in [3.8, 4) is 5.75 Å². The minimum absolute atomic E-state index is 0.139. The number of amides is 1. The molecule has 1 amide bonds. The number of rotatable bonds is 6. The number of carbonyl (C=O) groups is 1. The van der Waals surface area contributed by atoms with Gasteiger partial charge in [-0.1, -0.05) is 0 Å². The maximum absolute atomic E-state index is 13.5. The van der Waals surface area contributed by atoms with E-state index in [1.54, 1.807) is 0 Å². The molecule has 0 aromatic heterocycles. The first-order valence-electron chi connectivity index (χ1n) is 6.27. The zero-order chi connectivity index (χ0) is 15.5. The largest absolute Gasteiger partial charge is 0.432 e. The van der Waals surface area contributed by atoms with Crippen LogP contribution in [0.15, 0.2) is 18.2 Å². The smallest absolute Gasteiger partial charge is 0.387 e. The van der Waals surface area contributed by atoms with Crippen LogP contribution >= 0.6 is 0 Å². The average Bonchev–Trinajstić information content (AvgIpc) is 2.37. The summed E-state index contributed by atoms with van der Waals surface area (Å²) in [6.45, 7) is -0.0873. The van der Waals surface area contributed by atoms with Crippen molar-refractivity contribution >= 4 is 11.6 Å². The van der Waals surface area contributed by atoms with Crippen molar-refractivity contribution in [2.45, 2.75) is 19.1 Å². The first kappa shape index (κ1) is 15.6. The molecule has 1 fully saturated rings. The number of carbonyl (C=O) groups excluding carboxylic acids is 1. The van der Waals surface area contributed by atoms with Gasteiger partial charge in [-0.15, -0.1) is 0 Å². The van der Waals surface area contributed by atoms with E-state index in [1.165, 1.54) is 6.07 Å². The fourth-order valence-corrected chi connectivity index (χ4v) is 1.79. The Morgan fingerprint density at radius 3 is 2.71 bits per heavy atom. The van der Waals surface area contributed by atoms with Crippen LogP contribution in [0.1, 0.15) is 6.92 Å². The molecule has 0 aliphatic carbocycles. The molecule has 0 bridgehead atoms. The molecule has 0 atom stereocenters. The molecular formula is C13H15F3N2O3. The number of halogens is 3. The van der Waals surface area contributed by atoms with Crippen molar-refractivity contribution in [2.75, 3.05) is 25.0 Å². The normalized spacial score (nSPS) is 16.4. The standard InChI is InChI=1S/C13H15F3N2O3/c1-13(6-17-7-13)20-5-11(19)18-8-2-3-10(9(14)4-8)21-12(15)16/h2-4,12,17H,5-7H2,1H3,(H,18,19). The Bertz CT molecular complexity index is 521. The van der Waals surface area contributed by atoms with Crippen molar-refractivity contribution in [2.24, 2.45) is 0 Å². The molecule has 2 rings (SSSR count).